The summed E-state index contributed by atoms with van der Waals surface area (Å²) in [6.07, 6.45) is -0.202. The van der Waals surface area contributed by atoms with Crippen LogP contribution in [0.1, 0.15) is 19.4 Å². The van der Waals surface area contributed by atoms with E-state index in [4.69, 9.17) is 4.74 Å². The molecule has 0 saturated carbocycles. The third kappa shape index (κ3) is 3.96. The molecule has 1 heterocycles. The predicted molar refractivity (Wildman–Crippen MR) is 74.9 cm³/mol. The summed E-state index contributed by atoms with van der Waals surface area (Å²) in [6, 6.07) is 10.3. The third-order valence-corrected chi connectivity index (χ3v) is 3.51. The van der Waals surface area contributed by atoms with Crippen molar-refractivity contribution in [1.29, 1.82) is 0 Å². The molecule has 1 fully saturated rings. The maximum absolute atomic E-state index is 11.9. The van der Waals surface area contributed by atoms with Gasteiger partial charge >= 0.3 is 6.09 Å². The summed E-state index contributed by atoms with van der Waals surface area (Å²) in [6.45, 7) is 8.09. The van der Waals surface area contributed by atoms with Crippen molar-refractivity contribution in [2.24, 2.45) is 0 Å². The third-order valence-electron chi connectivity index (χ3n) is 3.51. The van der Waals surface area contributed by atoms with Gasteiger partial charge in [0.1, 0.15) is 6.61 Å². The van der Waals surface area contributed by atoms with Crippen LogP contribution in [0.25, 0.3) is 0 Å². The molecule has 0 aliphatic carbocycles. The Balaban J connectivity index is 1.76. The lowest BCUT2D eigenvalue weighted by molar-refractivity contribution is 0.0642. The second-order valence-electron chi connectivity index (χ2n) is 5.16. The molecule has 4 nitrogen and oxygen atoms in total. The van der Waals surface area contributed by atoms with Gasteiger partial charge in [-0.15, -0.1) is 0 Å². The van der Waals surface area contributed by atoms with E-state index in [2.05, 4.69) is 18.7 Å². The first-order valence-electron chi connectivity index (χ1n) is 6.86. The molecule has 0 aromatic heterocycles. The Morgan fingerprint density at radius 1 is 1.16 bits per heavy atom. The highest BCUT2D eigenvalue weighted by atomic mass is 16.6. The number of amides is 1. The molecule has 0 N–H and O–H groups in total. The summed E-state index contributed by atoms with van der Waals surface area (Å²) in [5.74, 6) is 0. The van der Waals surface area contributed by atoms with Crippen molar-refractivity contribution >= 4 is 6.09 Å². The van der Waals surface area contributed by atoms with Crippen molar-refractivity contribution in [2.75, 3.05) is 26.2 Å². The molecule has 19 heavy (non-hydrogen) atoms. The van der Waals surface area contributed by atoms with Crippen molar-refractivity contribution in [2.45, 2.75) is 26.5 Å². The maximum atomic E-state index is 11.9. The molecule has 1 saturated heterocycles. The molecule has 1 aromatic rings. The Kier molecular flexibility index (Phi) is 4.80. The first-order chi connectivity index (χ1) is 9.16. The lowest BCUT2D eigenvalue weighted by atomic mass is 10.2. The Bertz CT molecular complexity index is 398. The molecule has 4 heteroatoms. The second kappa shape index (κ2) is 6.57. The number of nitrogens with zero attached hydrogens (tertiary/aromatic N) is 2. The molecular formula is C15H22N2O2. The van der Waals surface area contributed by atoms with E-state index in [0.29, 0.717) is 12.6 Å². The number of hydrogen-bond donors (Lipinski definition) is 0. The second-order valence-corrected chi connectivity index (χ2v) is 5.16. The fraction of sp³-hybridized carbons (Fsp3) is 0.533. The number of ether oxygens (including phenoxy) is 1. The van der Waals surface area contributed by atoms with E-state index >= 15 is 0 Å². The van der Waals surface area contributed by atoms with Gasteiger partial charge in [0.15, 0.2) is 0 Å². The van der Waals surface area contributed by atoms with E-state index in [1.54, 1.807) is 4.90 Å². The zero-order valence-electron chi connectivity index (χ0n) is 11.7. The van der Waals surface area contributed by atoms with E-state index in [9.17, 15) is 4.79 Å². The number of piperazine rings is 1. The fourth-order valence-electron chi connectivity index (χ4n) is 2.23. The van der Waals surface area contributed by atoms with Gasteiger partial charge in [-0.3, -0.25) is 4.90 Å². The highest BCUT2D eigenvalue weighted by Crippen LogP contribution is 2.08. The summed E-state index contributed by atoms with van der Waals surface area (Å²) >= 11 is 0. The lowest BCUT2D eigenvalue weighted by Gasteiger charge is -2.36. The number of carbonyl (C=O) groups excluding carboxylic acids is 1. The summed E-state index contributed by atoms with van der Waals surface area (Å²) < 4.78 is 5.33. The van der Waals surface area contributed by atoms with Gasteiger partial charge in [-0.05, 0) is 19.4 Å². The summed E-state index contributed by atoms with van der Waals surface area (Å²) in [5, 5.41) is 0. The van der Waals surface area contributed by atoms with Crippen LogP contribution in [0, 0.1) is 0 Å². The Hall–Kier alpha value is -1.55. The molecule has 1 amide bonds. The Morgan fingerprint density at radius 3 is 2.37 bits per heavy atom. The van der Waals surface area contributed by atoms with Crippen molar-refractivity contribution in [3.63, 3.8) is 0 Å². The SMILES string of the molecule is CC(C)N1CCN(C(=O)OCc2ccccc2)CC1. The molecule has 0 radical (unpaired) electrons. The van der Waals surface area contributed by atoms with Crippen LogP contribution in [0.3, 0.4) is 0 Å². The van der Waals surface area contributed by atoms with Gasteiger partial charge in [0.2, 0.25) is 0 Å². The molecule has 0 spiro atoms. The van der Waals surface area contributed by atoms with Crippen LogP contribution in [0.4, 0.5) is 4.79 Å². The van der Waals surface area contributed by atoms with Crippen molar-refractivity contribution in [3.05, 3.63) is 35.9 Å². The number of rotatable bonds is 3. The molecule has 0 atom stereocenters. The molecule has 1 aliphatic rings. The van der Waals surface area contributed by atoms with Gasteiger partial charge in [-0.2, -0.15) is 0 Å². The first kappa shape index (κ1) is 13.9. The highest BCUT2D eigenvalue weighted by molar-refractivity contribution is 5.67. The first-order valence-corrected chi connectivity index (χ1v) is 6.86. The minimum absolute atomic E-state index is 0.202. The van der Waals surface area contributed by atoms with Crippen molar-refractivity contribution < 1.29 is 9.53 Å². The van der Waals surface area contributed by atoms with E-state index in [-0.39, 0.29) is 6.09 Å². The topological polar surface area (TPSA) is 32.8 Å². The molecular weight excluding hydrogens is 240 g/mol. The average Bonchev–Trinajstić information content (AvgIpc) is 2.46. The fourth-order valence-corrected chi connectivity index (χ4v) is 2.23. The smallest absolute Gasteiger partial charge is 0.410 e. The predicted octanol–water partition coefficient (Wildman–Crippen LogP) is 2.35. The normalized spacial score (nSPS) is 16.7. The van der Waals surface area contributed by atoms with Crippen LogP contribution < -0.4 is 0 Å². The van der Waals surface area contributed by atoms with Crippen LogP contribution in [0.5, 0.6) is 0 Å². The van der Waals surface area contributed by atoms with Crippen molar-refractivity contribution in [1.82, 2.24) is 9.80 Å². The quantitative estimate of drug-likeness (QED) is 0.838. The zero-order chi connectivity index (χ0) is 13.7. The van der Waals surface area contributed by atoms with E-state index < -0.39 is 0 Å². The molecule has 0 bridgehead atoms. The van der Waals surface area contributed by atoms with Crippen molar-refractivity contribution in [3.8, 4) is 0 Å². The largest absolute Gasteiger partial charge is 0.445 e. The maximum Gasteiger partial charge on any atom is 0.410 e. The Morgan fingerprint density at radius 2 is 1.79 bits per heavy atom. The number of benzene rings is 1. The van der Waals surface area contributed by atoms with Crippen LogP contribution in [0.15, 0.2) is 30.3 Å². The molecule has 104 valence electrons. The van der Waals surface area contributed by atoms with Crippen LogP contribution in [-0.2, 0) is 11.3 Å². The van der Waals surface area contributed by atoms with Gasteiger partial charge in [0, 0.05) is 32.2 Å². The van der Waals surface area contributed by atoms with Crippen LogP contribution in [0.2, 0.25) is 0 Å². The molecule has 2 rings (SSSR count). The molecule has 0 unspecified atom stereocenters. The molecule has 1 aromatic carbocycles. The van der Waals surface area contributed by atoms with Gasteiger partial charge in [-0.25, -0.2) is 4.79 Å². The van der Waals surface area contributed by atoms with Crippen LogP contribution >= 0.6 is 0 Å². The lowest BCUT2D eigenvalue weighted by Crippen LogP contribution is -2.50. The van der Waals surface area contributed by atoms with Gasteiger partial charge in [0.25, 0.3) is 0 Å². The van der Waals surface area contributed by atoms with Gasteiger partial charge in [0.05, 0.1) is 0 Å². The number of carbonyl (C=O) groups is 1. The number of hydrogen-bond acceptors (Lipinski definition) is 3. The highest BCUT2D eigenvalue weighted by Gasteiger charge is 2.23. The van der Waals surface area contributed by atoms with Crippen LogP contribution in [-0.4, -0.2) is 48.1 Å². The minimum atomic E-state index is -0.202. The summed E-state index contributed by atoms with van der Waals surface area (Å²) in [5.41, 5.74) is 1.02. The van der Waals surface area contributed by atoms with E-state index in [1.165, 1.54) is 0 Å². The van der Waals surface area contributed by atoms with E-state index in [0.717, 1.165) is 31.7 Å². The monoisotopic (exact) mass is 262 g/mol. The molecule has 1 aliphatic heterocycles. The van der Waals surface area contributed by atoms with E-state index in [1.807, 2.05) is 30.3 Å². The van der Waals surface area contributed by atoms with Gasteiger partial charge < -0.3 is 9.64 Å². The standard InChI is InChI=1S/C15H22N2O2/c1-13(2)16-8-10-17(11-9-16)15(18)19-12-14-6-4-3-5-7-14/h3-7,13H,8-12H2,1-2H3. The summed E-state index contributed by atoms with van der Waals surface area (Å²) in [7, 11) is 0. The average molecular weight is 262 g/mol. The Labute approximate surface area is 115 Å². The van der Waals surface area contributed by atoms with Gasteiger partial charge in [-0.1, -0.05) is 30.3 Å². The summed E-state index contributed by atoms with van der Waals surface area (Å²) in [4.78, 5) is 16.1. The zero-order valence-corrected chi connectivity index (χ0v) is 11.7. The minimum Gasteiger partial charge on any atom is -0.445 e.